The molecule has 3 aromatic heterocycles. The molecule has 11 aromatic rings. The Balaban J connectivity index is 1.34. The van der Waals surface area contributed by atoms with Crippen molar-refractivity contribution >= 4 is 60.7 Å². The number of hydrogen-bond acceptors (Lipinski definition) is 2. The normalized spacial score (nSPS) is 11.5. The van der Waals surface area contributed by atoms with E-state index in [-0.39, 0.29) is 0 Å². The van der Waals surface area contributed by atoms with Crippen LogP contribution < -0.4 is 4.90 Å². The number of aromatic nitrogens is 3. The van der Waals surface area contributed by atoms with E-state index in [4.69, 9.17) is 4.98 Å². The Kier molecular flexibility index (Phi) is 8.00. The third-order valence-corrected chi connectivity index (χ3v) is 11.5. The number of hydrogen-bond donors (Lipinski definition) is 0. The topological polar surface area (TPSA) is 26.0 Å². The Bertz CT molecular complexity index is 3220. The molecule has 0 amide bonds. The fraction of sp³-hybridized carbons (Fsp3) is 0.0185. The van der Waals surface area contributed by atoms with Crippen molar-refractivity contribution in [2.75, 3.05) is 4.90 Å². The van der Waals surface area contributed by atoms with E-state index in [2.05, 4.69) is 221 Å². The van der Waals surface area contributed by atoms with Gasteiger partial charge >= 0.3 is 0 Å². The van der Waals surface area contributed by atoms with E-state index in [1.54, 1.807) is 0 Å². The van der Waals surface area contributed by atoms with E-state index < -0.39 is 0 Å². The first-order valence-electron chi connectivity index (χ1n) is 19.8. The van der Waals surface area contributed by atoms with Crippen molar-refractivity contribution in [1.29, 1.82) is 0 Å². The summed E-state index contributed by atoms with van der Waals surface area (Å²) in [5.41, 5.74) is 16.0. The zero-order chi connectivity index (χ0) is 38.6. The minimum atomic E-state index is 1.08. The number of para-hydroxylation sites is 6. The van der Waals surface area contributed by atoms with Gasteiger partial charge in [-0.25, -0.2) is 0 Å². The van der Waals surface area contributed by atoms with Crippen LogP contribution >= 0.6 is 0 Å². The maximum absolute atomic E-state index is 4.75. The molecule has 0 aliphatic rings. The highest BCUT2D eigenvalue weighted by atomic mass is 15.1. The monoisotopic (exact) mass is 742 g/mol. The van der Waals surface area contributed by atoms with Crippen molar-refractivity contribution in [3.63, 3.8) is 0 Å². The Hall–Kier alpha value is -7.69. The number of pyridine rings is 1. The largest absolute Gasteiger partial charge is 0.310 e. The van der Waals surface area contributed by atoms with Gasteiger partial charge in [0.25, 0.3) is 0 Å². The lowest BCUT2D eigenvalue weighted by Crippen LogP contribution is -2.11. The van der Waals surface area contributed by atoms with Gasteiger partial charge in [0.15, 0.2) is 0 Å². The molecule has 58 heavy (non-hydrogen) atoms. The lowest BCUT2D eigenvalue weighted by molar-refractivity contribution is 1.15. The van der Waals surface area contributed by atoms with Gasteiger partial charge in [0.1, 0.15) is 0 Å². The van der Waals surface area contributed by atoms with E-state index >= 15 is 0 Å². The molecule has 0 bridgehead atoms. The minimum absolute atomic E-state index is 1.08. The van der Waals surface area contributed by atoms with E-state index in [0.717, 1.165) is 56.1 Å². The zero-order valence-electron chi connectivity index (χ0n) is 32.0. The van der Waals surface area contributed by atoms with Crippen molar-refractivity contribution in [2.24, 2.45) is 0 Å². The van der Waals surface area contributed by atoms with E-state index in [1.165, 1.54) is 43.8 Å². The Labute approximate surface area is 337 Å². The number of aryl methyl sites for hydroxylation is 1. The van der Waals surface area contributed by atoms with Gasteiger partial charge in [0.2, 0.25) is 0 Å². The lowest BCUT2D eigenvalue weighted by atomic mass is 9.87. The number of anilines is 3. The summed E-state index contributed by atoms with van der Waals surface area (Å²) in [6.45, 7) is 2.24. The average molecular weight is 743 g/mol. The van der Waals surface area contributed by atoms with E-state index in [1.807, 2.05) is 12.4 Å². The number of rotatable bonds is 7. The molecular formula is C54H38N4. The second-order valence-electron chi connectivity index (χ2n) is 14.8. The summed E-state index contributed by atoms with van der Waals surface area (Å²) >= 11 is 0. The summed E-state index contributed by atoms with van der Waals surface area (Å²) in [6.07, 6.45) is 3.90. The third kappa shape index (κ3) is 5.26. The smallest absolute Gasteiger partial charge is 0.0795 e. The first-order valence-corrected chi connectivity index (χ1v) is 19.8. The van der Waals surface area contributed by atoms with Gasteiger partial charge < -0.3 is 14.0 Å². The first-order chi connectivity index (χ1) is 28.8. The Morgan fingerprint density at radius 3 is 1.38 bits per heavy atom. The predicted octanol–water partition coefficient (Wildman–Crippen LogP) is 14.4. The van der Waals surface area contributed by atoms with Crippen LogP contribution in [0.25, 0.3) is 77.2 Å². The molecule has 0 unspecified atom stereocenters. The van der Waals surface area contributed by atoms with Crippen LogP contribution in [0.2, 0.25) is 0 Å². The van der Waals surface area contributed by atoms with Gasteiger partial charge in [-0.3, -0.25) is 4.98 Å². The van der Waals surface area contributed by atoms with Gasteiger partial charge in [0, 0.05) is 79.1 Å². The predicted molar refractivity (Wildman–Crippen MR) is 243 cm³/mol. The van der Waals surface area contributed by atoms with Gasteiger partial charge in [-0.15, -0.1) is 0 Å². The van der Waals surface area contributed by atoms with Crippen LogP contribution in [-0.2, 0) is 0 Å². The molecule has 0 atom stereocenters. The highest BCUT2D eigenvalue weighted by Crippen LogP contribution is 2.52. The quantitative estimate of drug-likeness (QED) is 0.162. The molecule has 274 valence electrons. The lowest BCUT2D eigenvalue weighted by Gasteiger charge is -2.27. The standard InChI is InChI=1S/C54H38N4/c1-37-35-38(32-33-46(37)56(40-20-6-2-7-21-40)41-22-8-3-9-23-41)49-50(39-19-18-34-55-36-39)52-45-29-15-17-31-48(45)58(43-26-12-5-13-27-43)54(52)53-51(49)44-28-14-16-30-47(44)57(53)42-24-10-4-11-25-42/h2-36H,1H3. The molecule has 0 fully saturated rings. The van der Waals surface area contributed by atoms with Crippen molar-refractivity contribution in [2.45, 2.75) is 6.92 Å². The number of fused-ring (bicyclic) bond motifs is 7. The highest BCUT2D eigenvalue weighted by molar-refractivity contribution is 6.33. The molecule has 0 aliphatic carbocycles. The fourth-order valence-corrected chi connectivity index (χ4v) is 9.11. The molecule has 0 saturated heterocycles. The molecular weight excluding hydrogens is 705 g/mol. The Morgan fingerprint density at radius 1 is 0.431 bits per heavy atom. The molecule has 0 saturated carbocycles. The second-order valence-corrected chi connectivity index (χ2v) is 14.8. The van der Waals surface area contributed by atoms with Crippen LogP contribution in [0.4, 0.5) is 17.1 Å². The van der Waals surface area contributed by atoms with Crippen LogP contribution in [-0.4, -0.2) is 14.1 Å². The summed E-state index contributed by atoms with van der Waals surface area (Å²) in [5.74, 6) is 0. The molecule has 11 rings (SSSR count). The molecule has 3 heterocycles. The SMILES string of the molecule is Cc1cc(-c2c(-c3cccnc3)c3c4ccccc4n(-c4ccccc4)c3c3c2c2ccccc2n3-c2ccccc2)ccc1N(c1ccccc1)c1ccccc1. The maximum Gasteiger partial charge on any atom is 0.0795 e. The maximum atomic E-state index is 4.75. The van der Waals surface area contributed by atoms with Crippen molar-refractivity contribution in [3.8, 4) is 33.6 Å². The minimum Gasteiger partial charge on any atom is -0.310 e. The molecule has 0 radical (unpaired) electrons. The first kappa shape index (κ1) is 33.6. The van der Waals surface area contributed by atoms with Gasteiger partial charge in [-0.05, 0) is 96.9 Å². The van der Waals surface area contributed by atoms with E-state index in [9.17, 15) is 0 Å². The van der Waals surface area contributed by atoms with Crippen LogP contribution in [0.1, 0.15) is 5.56 Å². The van der Waals surface area contributed by atoms with E-state index in [0.29, 0.717) is 0 Å². The van der Waals surface area contributed by atoms with Crippen LogP contribution in [0.3, 0.4) is 0 Å². The van der Waals surface area contributed by atoms with Crippen molar-refractivity contribution < 1.29 is 0 Å². The summed E-state index contributed by atoms with van der Waals surface area (Å²) in [4.78, 5) is 7.10. The van der Waals surface area contributed by atoms with Crippen molar-refractivity contribution in [1.82, 2.24) is 14.1 Å². The molecule has 4 heteroatoms. The van der Waals surface area contributed by atoms with Crippen LogP contribution in [0.15, 0.2) is 213 Å². The summed E-state index contributed by atoms with van der Waals surface area (Å²) in [6, 6.07) is 72.0. The number of nitrogens with zero attached hydrogens (tertiary/aromatic N) is 4. The van der Waals surface area contributed by atoms with Crippen LogP contribution in [0, 0.1) is 6.92 Å². The fourth-order valence-electron chi connectivity index (χ4n) is 9.11. The zero-order valence-corrected chi connectivity index (χ0v) is 32.0. The average Bonchev–Trinajstić information content (AvgIpc) is 3.82. The molecule has 0 N–H and O–H groups in total. The van der Waals surface area contributed by atoms with Gasteiger partial charge in [-0.1, -0.05) is 121 Å². The molecule has 4 nitrogen and oxygen atoms in total. The van der Waals surface area contributed by atoms with Crippen LogP contribution in [0.5, 0.6) is 0 Å². The third-order valence-electron chi connectivity index (χ3n) is 11.5. The summed E-state index contributed by atoms with van der Waals surface area (Å²) in [7, 11) is 0. The molecule has 0 aliphatic heterocycles. The highest BCUT2D eigenvalue weighted by Gasteiger charge is 2.29. The second kappa shape index (κ2) is 13.8. The Morgan fingerprint density at radius 2 is 0.897 bits per heavy atom. The molecule has 8 aromatic carbocycles. The van der Waals surface area contributed by atoms with Gasteiger partial charge in [0.05, 0.1) is 22.1 Å². The molecule has 0 spiro atoms. The van der Waals surface area contributed by atoms with Crippen molar-refractivity contribution in [3.05, 3.63) is 218 Å². The van der Waals surface area contributed by atoms with Gasteiger partial charge in [-0.2, -0.15) is 0 Å². The summed E-state index contributed by atoms with van der Waals surface area (Å²) in [5, 5.41) is 4.80. The summed E-state index contributed by atoms with van der Waals surface area (Å²) < 4.78 is 4.95. The number of benzene rings is 8.